The number of phenols is 1. The number of imide groups is 1. The first-order valence-corrected chi connectivity index (χ1v) is 9.74. The summed E-state index contributed by atoms with van der Waals surface area (Å²) in [7, 11) is 1.43. The van der Waals surface area contributed by atoms with Crippen molar-refractivity contribution >= 4 is 40.6 Å². The molecule has 1 aliphatic rings. The molecule has 3 amide bonds. The molecule has 2 aromatic rings. The van der Waals surface area contributed by atoms with Gasteiger partial charge in [-0.3, -0.25) is 19.3 Å². The monoisotopic (exact) mass is 412 g/mol. The number of hydrogen-bond acceptors (Lipinski definition) is 6. The molecule has 0 radical (unpaired) electrons. The lowest BCUT2D eigenvalue weighted by Gasteiger charge is -2.12. The first-order chi connectivity index (χ1) is 13.9. The zero-order chi connectivity index (χ0) is 21.0. The number of nitrogens with zero attached hydrogens (tertiary/aromatic N) is 1. The third-order valence-electron chi connectivity index (χ3n) is 4.32. The maximum absolute atomic E-state index is 12.5. The molecule has 3 rings (SSSR count). The molecule has 0 unspecified atom stereocenters. The van der Waals surface area contributed by atoms with Crippen molar-refractivity contribution in [3.8, 4) is 11.5 Å². The number of benzene rings is 2. The SMILES string of the molecule is CCc1ccc(NC(=O)CN2C(=O)S/C(=C/c3ccc(OC)c(O)c3)C2=O)cc1. The maximum atomic E-state index is 12.5. The summed E-state index contributed by atoms with van der Waals surface area (Å²) in [6, 6.07) is 12.0. The summed E-state index contributed by atoms with van der Waals surface area (Å²) in [6.45, 7) is 1.67. The van der Waals surface area contributed by atoms with Gasteiger partial charge in [-0.25, -0.2) is 0 Å². The van der Waals surface area contributed by atoms with Crippen LogP contribution in [-0.4, -0.2) is 40.7 Å². The molecule has 0 aromatic heterocycles. The van der Waals surface area contributed by atoms with Crippen molar-refractivity contribution in [3.63, 3.8) is 0 Å². The van der Waals surface area contributed by atoms with Gasteiger partial charge in [0.2, 0.25) is 5.91 Å². The van der Waals surface area contributed by atoms with Crippen molar-refractivity contribution in [2.24, 2.45) is 0 Å². The first-order valence-electron chi connectivity index (χ1n) is 8.92. The summed E-state index contributed by atoms with van der Waals surface area (Å²) in [5, 5.41) is 12.0. The third kappa shape index (κ3) is 4.78. The Labute approximate surface area is 172 Å². The average Bonchev–Trinajstić information content (AvgIpc) is 2.96. The van der Waals surface area contributed by atoms with Crippen molar-refractivity contribution in [1.29, 1.82) is 0 Å². The smallest absolute Gasteiger partial charge is 0.294 e. The molecule has 1 heterocycles. The van der Waals surface area contributed by atoms with Crippen molar-refractivity contribution in [3.05, 3.63) is 58.5 Å². The molecule has 1 fully saturated rings. The van der Waals surface area contributed by atoms with Gasteiger partial charge in [0.05, 0.1) is 12.0 Å². The van der Waals surface area contributed by atoms with E-state index in [1.807, 2.05) is 19.1 Å². The van der Waals surface area contributed by atoms with E-state index in [4.69, 9.17) is 4.74 Å². The standard InChI is InChI=1S/C21H20N2O5S/c1-3-13-4-7-15(8-5-13)22-19(25)12-23-20(26)18(29-21(23)27)11-14-6-9-17(28-2)16(24)10-14/h4-11,24H,3,12H2,1-2H3,(H,22,25)/b18-11+. The Kier molecular flexibility index (Phi) is 6.23. The van der Waals surface area contributed by atoms with Gasteiger partial charge in [0.25, 0.3) is 11.1 Å². The fourth-order valence-corrected chi connectivity index (χ4v) is 3.59. The number of thioether (sulfide) groups is 1. The molecule has 7 nitrogen and oxygen atoms in total. The van der Waals surface area contributed by atoms with E-state index in [1.165, 1.54) is 19.3 Å². The number of ether oxygens (including phenoxy) is 1. The molecular weight excluding hydrogens is 392 g/mol. The predicted octanol–water partition coefficient (Wildman–Crippen LogP) is 3.64. The molecule has 2 N–H and O–H groups in total. The van der Waals surface area contributed by atoms with Gasteiger partial charge in [-0.1, -0.05) is 25.1 Å². The zero-order valence-electron chi connectivity index (χ0n) is 16.0. The number of aromatic hydroxyl groups is 1. The number of methoxy groups -OCH3 is 1. The highest BCUT2D eigenvalue weighted by Crippen LogP contribution is 2.34. The van der Waals surface area contributed by atoms with Gasteiger partial charge in [-0.05, 0) is 59.7 Å². The van der Waals surface area contributed by atoms with Crippen LogP contribution >= 0.6 is 11.8 Å². The van der Waals surface area contributed by atoms with Crippen molar-refractivity contribution < 1.29 is 24.2 Å². The number of phenolic OH excluding ortho intramolecular Hbond substituents is 1. The van der Waals surface area contributed by atoms with Crippen molar-refractivity contribution in [1.82, 2.24) is 4.90 Å². The zero-order valence-corrected chi connectivity index (χ0v) is 16.8. The second-order valence-electron chi connectivity index (χ2n) is 6.30. The van der Waals surface area contributed by atoms with E-state index >= 15 is 0 Å². The van der Waals surface area contributed by atoms with E-state index < -0.39 is 17.1 Å². The summed E-state index contributed by atoms with van der Waals surface area (Å²) in [5.41, 5.74) is 2.28. The number of nitrogens with one attached hydrogen (secondary N) is 1. The molecule has 0 aliphatic carbocycles. The van der Waals surface area contributed by atoms with Gasteiger partial charge in [0, 0.05) is 5.69 Å². The van der Waals surface area contributed by atoms with E-state index in [0.29, 0.717) is 17.0 Å². The molecule has 150 valence electrons. The molecule has 8 heteroatoms. The number of carbonyl (C=O) groups excluding carboxylic acids is 3. The van der Waals surface area contributed by atoms with Crippen LogP contribution in [0.2, 0.25) is 0 Å². The average molecular weight is 412 g/mol. The second-order valence-corrected chi connectivity index (χ2v) is 7.29. The van der Waals surface area contributed by atoms with Crippen LogP contribution in [0.15, 0.2) is 47.4 Å². The maximum Gasteiger partial charge on any atom is 0.294 e. The number of hydrogen-bond donors (Lipinski definition) is 2. The van der Waals surface area contributed by atoms with Gasteiger partial charge in [-0.2, -0.15) is 0 Å². The van der Waals surface area contributed by atoms with Crippen molar-refractivity contribution in [2.75, 3.05) is 19.0 Å². The lowest BCUT2D eigenvalue weighted by Crippen LogP contribution is -2.36. The molecule has 2 aromatic carbocycles. The lowest BCUT2D eigenvalue weighted by molar-refractivity contribution is -0.127. The minimum Gasteiger partial charge on any atom is -0.504 e. The van der Waals surface area contributed by atoms with E-state index in [0.717, 1.165) is 28.6 Å². The fourth-order valence-electron chi connectivity index (χ4n) is 2.75. The molecule has 1 saturated heterocycles. The number of aryl methyl sites for hydroxylation is 1. The van der Waals surface area contributed by atoms with Gasteiger partial charge in [0.1, 0.15) is 6.54 Å². The molecular formula is C21H20N2O5S. The Morgan fingerprint density at radius 2 is 1.93 bits per heavy atom. The second kappa shape index (κ2) is 8.83. The molecule has 29 heavy (non-hydrogen) atoms. The van der Waals surface area contributed by atoms with Crippen LogP contribution < -0.4 is 10.1 Å². The quantitative estimate of drug-likeness (QED) is 0.704. The number of amides is 3. The van der Waals surface area contributed by atoms with Gasteiger partial charge >= 0.3 is 0 Å². The normalized spacial score (nSPS) is 15.1. The van der Waals surface area contributed by atoms with Crippen LogP contribution in [0.5, 0.6) is 11.5 Å². The van der Waals surface area contributed by atoms with Crippen molar-refractivity contribution in [2.45, 2.75) is 13.3 Å². The van der Waals surface area contributed by atoms with E-state index in [-0.39, 0.29) is 17.2 Å². The molecule has 0 saturated carbocycles. The van der Waals surface area contributed by atoms with Gasteiger partial charge in [0.15, 0.2) is 11.5 Å². The predicted molar refractivity (Wildman–Crippen MR) is 112 cm³/mol. The Bertz CT molecular complexity index is 985. The number of rotatable bonds is 6. The largest absolute Gasteiger partial charge is 0.504 e. The molecule has 0 spiro atoms. The summed E-state index contributed by atoms with van der Waals surface area (Å²) in [5.74, 6) is -0.778. The molecule has 0 bridgehead atoms. The van der Waals surface area contributed by atoms with Crippen LogP contribution in [0.4, 0.5) is 10.5 Å². The number of carbonyl (C=O) groups is 3. The van der Waals surface area contributed by atoms with E-state index in [2.05, 4.69) is 5.32 Å². The van der Waals surface area contributed by atoms with Crippen LogP contribution in [-0.2, 0) is 16.0 Å². The van der Waals surface area contributed by atoms with E-state index in [1.54, 1.807) is 24.3 Å². The summed E-state index contributed by atoms with van der Waals surface area (Å²) < 4.78 is 4.98. The minimum absolute atomic E-state index is 0.0750. The number of anilines is 1. The summed E-state index contributed by atoms with van der Waals surface area (Å²) in [6.07, 6.45) is 2.38. The highest BCUT2D eigenvalue weighted by Gasteiger charge is 2.36. The Morgan fingerprint density at radius 3 is 2.55 bits per heavy atom. The topological polar surface area (TPSA) is 95.9 Å². The summed E-state index contributed by atoms with van der Waals surface area (Å²) in [4.78, 5) is 38.1. The Balaban J connectivity index is 1.68. The Hall–Kier alpha value is -3.26. The fraction of sp³-hybridized carbons (Fsp3) is 0.190. The van der Waals surface area contributed by atoms with Crippen LogP contribution in [0, 0.1) is 0 Å². The van der Waals surface area contributed by atoms with Gasteiger partial charge < -0.3 is 15.2 Å². The third-order valence-corrected chi connectivity index (χ3v) is 5.23. The highest BCUT2D eigenvalue weighted by atomic mass is 32.2. The lowest BCUT2D eigenvalue weighted by atomic mass is 10.1. The van der Waals surface area contributed by atoms with Crippen LogP contribution in [0.25, 0.3) is 6.08 Å². The Morgan fingerprint density at radius 1 is 1.21 bits per heavy atom. The summed E-state index contributed by atoms with van der Waals surface area (Å²) >= 11 is 0.751. The molecule has 0 atom stereocenters. The highest BCUT2D eigenvalue weighted by molar-refractivity contribution is 8.18. The van der Waals surface area contributed by atoms with E-state index in [9.17, 15) is 19.5 Å². The van der Waals surface area contributed by atoms with Crippen LogP contribution in [0.1, 0.15) is 18.1 Å². The van der Waals surface area contributed by atoms with Crippen LogP contribution in [0.3, 0.4) is 0 Å². The van der Waals surface area contributed by atoms with Gasteiger partial charge in [-0.15, -0.1) is 0 Å². The first kappa shape index (κ1) is 20.5. The molecule has 1 aliphatic heterocycles. The minimum atomic E-state index is -0.549.